The van der Waals surface area contributed by atoms with E-state index in [4.69, 9.17) is 4.98 Å². The van der Waals surface area contributed by atoms with Crippen molar-refractivity contribution in [3.63, 3.8) is 0 Å². The Balaban J connectivity index is 1.20. The zero-order valence-electron chi connectivity index (χ0n) is 30.9. The van der Waals surface area contributed by atoms with E-state index >= 15 is 0 Å². The molecule has 2 nitrogen and oxygen atoms in total. The number of rotatable bonds is 4. The summed E-state index contributed by atoms with van der Waals surface area (Å²) in [6, 6.07) is 57.8. The highest BCUT2D eigenvalue weighted by molar-refractivity contribution is 5.87. The lowest BCUT2D eigenvalue weighted by Gasteiger charge is -2.46. The average Bonchev–Trinajstić information content (AvgIpc) is 3.18. The van der Waals surface area contributed by atoms with E-state index in [0.29, 0.717) is 0 Å². The Morgan fingerprint density at radius 1 is 0.346 bits per heavy atom. The van der Waals surface area contributed by atoms with Crippen LogP contribution < -0.4 is 4.90 Å². The zero-order chi connectivity index (χ0) is 35.8. The number of benzene rings is 6. The highest BCUT2D eigenvalue weighted by Crippen LogP contribution is 2.55. The molecule has 254 valence electrons. The van der Waals surface area contributed by atoms with Crippen LogP contribution in [0.1, 0.15) is 74.9 Å². The molecule has 0 fully saturated rings. The standard InChI is InChI=1S/C50H44N2/c1-48(2)38-27-25-35(36-30-44(33-17-9-7-10-18-33)51-45(31-36)34-19-11-8-12-20-34)29-42(38)50(5,6)43-32-37(26-28-39(43)48)52-46-23-15-13-21-40(46)49(3,4)41-22-14-16-24-47(41)52/h7-32H,1-6H3. The van der Waals surface area contributed by atoms with Gasteiger partial charge in [0.25, 0.3) is 0 Å². The largest absolute Gasteiger partial charge is 0.310 e. The predicted molar refractivity (Wildman–Crippen MR) is 218 cm³/mol. The fourth-order valence-corrected chi connectivity index (χ4v) is 8.97. The Morgan fingerprint density at radius 3 is 1.35 bits per heavy atom. The summed E-state index contributed by atoms with van der Waals surface area (Å²) in [7, 11) is 0. The molecule has 1 aliphatic carbocycles. The van der Waals surface area contributed by atoms with Gasteiger partial charge in [0, 0.05) is 33.1 Å². The molecule has 2 heterocycles. The number of fused-ring (bicyclic) bond motifs is 4. The first-order valence-corrected chi connectivity index (χ1v) is 18.5. The third-order valence-corrected chi connectivity index (χ3v) is 11.9. The molecule has 9 rings (SSSR count). The average molecular weight is 673 g/mol. The fourth-order valence-electron chi connectivity index (χ4n) is 8.97. The van der Waals surface area contributed by atoms with Crippen molar-refractivity contribution in [2.75, 3.05) is 4.90 Å². The molecule has 2 heteroatoms. The summed E-state index contributed by atoms with van der Waals surface area (Å²) in [6.45, 7) is 14.3. The molecule has 0 N–H and O–H groups in total. The molecule has 0 bridgehead atoms. The molecule has 0 unspecified atom stereocenters. The van der Waals surface area contributed by atoms with E-state index in [1.807, 2.05) is 0 Å². The topological polar surface area (TPSA) is 16.1 Å². The minimum atomic E-state index is -0.238. The van der Waals surface area contributed by atoms with E-state index in [1.54, 1.807) is 0 Å². The number of para-hydroxylation sites is 2. The summed E-state index contributed by atoms with van der Waals surface area (Å²) < 4.78 is 0. The first kappa shape index (κ1) is 32.2. The monoisotopic (exact) mass is 672 g/mol. The van der Waals surface area contributed by atoms with Crippen LogP contribution in [0.3, 0.4) is 0 Å². The second kappa shape index (κ2) is 11.6. The van der Waals surface area contributed by atoms with Gasteiger partial charge in [-0.25, -0.2) is 4.98 Å². The number of nitrogens with zero attached hydrogens (tertiary/aromatic N) is 2. The van der Waals surface area contributed by atoms with E-state index in [9.17, 15) is 0 Å². The van der Waals surface area contributed by atoms with Crippen LogP contribution in [-0.2, 0) is 16.2 Å². The molecule has 2 aliphatic rings. The van der Waals surface area contributed by atoms with Crippen molar-refractivity contribution in [1.29, 1.82) is 0 Å². The van der Waals surface area contributed by atoms with Gasteiger partial charge in [0.1, 0.15) is 0 Å². The van der Waals surface area contributed by atoms with Crippen LogP contribution in [0.5, 0.6) is 0 Å². The molecule has 1 aromatic heterocycles. The van der Waals surface area contributed by atoms with Gasteiger partial charge < -0.3 is 4.90 Å². The van der Waals surface area contributed by atoms with E-state index in [2.05, 4.69) is 204 Å². The van der Waals surface area contributed by atoms with E-state index in [1.165, 1.54) is 61.6 Å². The zero-order valence-corrected chi connectivity index (χ0v) is 30.9. The maximum Gasteiger partial charge on any atom is 0.0715 e. The van der Waals surface area contributed by atoms with Gasteiger partial charge in [-0.05, 0) is 87.0 Å². The Kier molecular flexibility index (Phi) is 7.21. The van der Waals surface area contributed by atoms with Crippen LogP contribution in [-0.4, -0.2) is 4.98 Å². The molecular formula is C50H44N2. The van der Waals surface area contributed by atoms with E-state index in [-0.39, 0.29) is 16.2 Å². The molecule has 0 saturated carbocycles. The second-order valence-corrected chi connectivity index (χ2v) is 16.1. The van der Waals surface area contributed by atoms with Gasteiger partial charge in [0.15, 0.2) is 0 Å². The van der Waals surface area contributed by atoms with E-state index < -0.39 is 0 Å². The van der Waals surface area contributed by atoms with Crippen molar-refractivity contribution in [3.8, 4) is 33.6 Å². The maximum atomic E-state index is 5.16. The summed E-state index contributed by atoms with van der Waals surface area (Å²) in [4.78, 5) is 7.64. The van der Waals surface area contributed by atoms with Crippen LogP contribution in [0.4, 0.5) is 17.1 Å². The predicted octanol–water partition coefficient (Wildman–Crippen LogP) is 13.2. The SMILES string of the molecule is CC1(C)c2ccccc2N(c2ccc3c(c2)C(C)(C)c2cc(-c4cc(-c5ccccc5)nc(-c5ccccc5)c4)ccc2C3(C)C)c2ccccc21. The van der Waals surface area contributed by atoms with Crippen LogP contribution in [0.15, 0.2) is 158 Å². The van der Waals surface area contributed by atoms with Gasteiger partial charge in [-0.15, -0.1) is 0 Å². The molecule has 0 amide bonds. The summed E-state index contributed by atoms with van der Waals surface area (Å²) in [6.07, 6.45) is 0. The third kappa shape index (κ3) is 4.88. The molecule has 6 aromatic carbocycles. The summed E-state index contributed by atoms with van der Waals surface area (Å²) in [5, 5.41) is 0. The van der Waals surface area contributed by atoms with Gasteiger partial charge in [-0.1, -0.05) is 157 Å². The van der Waals surface area contributed by atoms with Crippen molar-refractivity contribution in [3.05, 3.63) is 191 Å². The fraction of sp³-hybridized carbons (Fsp3) is 0.180. The first-order valence-electron chi connectivity index (χ1n) is 18.5. The number of hydrogen-bond acceptors (Lipinski definition) is 2. The molecule has 7 aromatic rings. The van der Waals surface area contributed by atoms with Gasteiger partial charge >= 0.3 is 0 Å². The smallest absolute Gasteiger partial charge is 0.0715 e. The van der Waals surface area contributed by atoms with Crippen molar-refractivity contribution in [2.45, 2.75) is 57.8 Å². The highest BCUT2D eigenvalue weighted by atomic mass is 15.2. The van der Waals surface area contributed by atoms with Crippen LogP contribution in [0.2, 0.25) is 0 Å². The quantitative estimate of drug-likeness (QED) is 0.185. The molecule has 0 saturated heterocycles. The lowest BCUT2D eigenvalue weighted by atomic mass is 9.59. The highest BCUT2D eigenvalue weighted by Gasteiger charge is 2.43. The van der Waals surface area contributed by atoms with E-state index in [0.717, 1.165) is 22.5 Å². The summed E-state index contributed by atoms with van der Waals surface area (Å²) in [5.41, 5.74) is 18.0. The lowest BCUT2D eigenvalue weighted by molar-refractivity contribution is 0.521. The van der Waals surface area contributed by atoms with Crippen molar-refractivity contribution in [1.82, 2.24) is 4.98 Å². The van der Waals surface area contributed by atoms with Crippen LogP contribution >= 0.6 is 0 Å². The molecule has 52 heavy (non-hydrogen) atoms. The van der Waals surface area contributed by atoms with Gasteiger partial charge in [-0.3, -0.25) is 0 Å². The van der Waals surface area contributed by atoms with Gasteiger partial charge in [-0.2, -0.15) is 0 Å². The van der Waals surface area contributed by atoms with Gasteiger partial charge in [0.05, 0.1) is 22.8 Å². The number of aromatic nitrogens is 1. The Morgan fingerprint density at radius 2 is 0.788 bits per heavy atom. The first-order chi connectivity index (χ1) is 25.0. The number of hydrogen-bond donors (Lipinski definition) is 0. The van der Waals surface area contributed by atoms with Gasteiger partial charge in [0.2, 0.25) is 0 Å². The maximum absolute atomic E-state index is 5.16. The molecule has 1 aliphatic heterocycles. The molecule has 0 spiro atoms. The molecule has 0 radical (unpaired) electrons. The second-order valence-electron chi connectivity index (χ2n) is 16.1. The number of anilines is 3. The lowest BCUT2D eigenvalue weighted by Crippen LogP contribution is -2.37. The minimum absolute atomic E-state index is 0.0950. The van der Waals surface area contributed by atoms with Crippen molar-refractivity contribution >= 4 is 17.1 Å². The van der Waals surface area contributed by atoms with Crippen molar-refractivity contribution in [2.24, 2.45) is 0 Å². The molecule has 0 atom stereocenters. The summed E-state index contributed by atoms with van der Waals surface area (Å²) in [5.74, 6) is 0. The van der Waals surface area contributed by atoms with Crippen molar-refractivity contribution < 1.29 is 0 Å². The van der Waals surface area contributed by atoms with Crippen LogP contribution in [0, 0.1) is 0 Å². The Hall–Kier alpha value is -5.73. The number of pyridine rings is 1. The Bertz CT molecular complexity index is 2380. The van der Waals surface area contributed by atoms with Crippen LogP contribution in [0.25, 0.3) is 33.6 Å². The normalized spacial score (nSPS) is 15.9. The molecular weight excluding hydrogens is 629 g/mol. The Labute approximate surface area is 308 Å². The minimum Gasteiger partial charge on any atom is -0.310 e. The summed E-state index contributed by atoms with van der Waals surface area (Å²) >= 11 is 0. The third-order valence-electron chi connectivity index (χ3n) is 11.9.